The third kappa shape index (κ3) is 9.07. The summed E-state index contributed by atoms with van der Waals surface area (Å²) >= 11 is 0. The summed E-state index contributed by atoms with van der Waals surface area (Å²) in [5, 5.41) is 23.7. The zero-order chi connectivity index (χ0) is 42.1. The summed E-state index contributed by atoms with van der Waals surface area (Å²) < 4.78 is 72.5. The number of piperazine rings is 1. The van der Waals surface area contributed by atoms with E-state index in [1.54, 1.807) is 11.9 Å². The number of alkyl halides is 3. The number of aromatic nitrogens is 4. The predicted octanol–water partition coefficient (Wildman–Crippen LogP) is 3.80. The normalized spacial score (nSPS) is 19.9. The molecule has 0 aliphatic carbocycles. The van der Waals surface area contributed by atoms with Gasteiger partial charge in [0.25, 0.3) is 11.8 Å². The molecular formula is C39H44F5N10O5+. The van der Waals surface area contributed by atoms with Gasteiger partial charge in [0.1, 0.15) is 11.6 Å². The van der Waals surface area contributed by atoms with Crippen LogP contribution >= 0.6 is 0 Å². The average molecular weight is 828 g/mol. The molecule has 0 atom stereocenters. The average Bonchev–Trinajstić information content (AvgIpc) is 3.84. The molecule has 4 aromatic rings. The number of carboxylic acids is 1. The second-order valence-electron chi connectivity index (χ2n) is 15.4. The topological polar surface area (TPSA) is 188 Å². The number of piperidine rings is 1. The first-order valence-corrected chi connectivity index (χ1v) is 19.3. The Morgan fingerprint density at radius 1 is 0.949 bits per heavy atom. The number of H-pyrrole nitrogens is 2. The lowest BCUT2D eigenvalue weighted by atomic mass is 9.90. The fourth-order valence-electron chi connectivity index (χ4n) is 8.22. The van der Waals surface area contributed by atoms with Crippen LogP contribution in [0.15, 0.2) is 42.6 Å². The highest BCUT2D eigenvalue weighted by Crippen LogP contribution is 2.37. The number of halogens is 5. The Balaban J connectivity index is 0.936. The number of nitrogens with zero attached hydrogens (tertiary/aromatic N) is 5. The molecule has 0 radical (unpaired) electrons. The molecule has 3 fully saturated rings. The summed E-state index contributed by atoms with van der Waals surface area (Å²) in [5.41, 5.74) is -1.74. The number of hydrogen-bond donors (Lipinski definition) is 6. The third-order valence-electron chi connectivity index (χ3n) is 11.4. The summed E-state index contributed by atoms with van der Waals surface area (Å²) in [6, 6.07) is 7.45. The van der Waals surface area contributed by atoms with E-state index in [1.807, 2.05) is 0 Å². The SMILES string of the molecule is CNc1ccc(-c2[nH]nc(C(F)(F)F)c2Cc2cnc(C(=O)Nc3ccc(C(=O)N4CCN(C(=O)C5CC[N+](CC(=O)O)(CC6CNC6)CC5)CC4)c(F)c3)[nH]2)c(F)c1. The molecule has 0 unspecified atom stereocenters. The second kappa shape index (κ2) is 16.8. The maximum absolute atomic E-state index is 15.3. The van der Waals surface area contributed by atoms with Crippen LogP contribution in [0.2, 0.25) is 0 Å². The number of carbonyl (C=O) groups is 4. The third-order valence-corrected chi connectivity index (χ3v) is 11.4. The molecule has 20 heteroatoms. The maximum atomic E-state index is 15.3. The van der Waals surface area contributed by atoms with E-state index in [2.05, 4.69) is 36.1 Å². The van der Waals surface area contributed by atoms with Crippen LogP contribution in [-0.4, -0.2) is 136 Å². The number of likely N-dealkylation sites (tertiary alicyclic amines) is 1. The van der Waals surface area contributed by atoms with Crippen LogP contribution in [0.3, 0.4) is 0 Å². The number of aliphatic carboxylic acids is 1. The molecule has 3 saturated heterocycles. The Morgan fingerprint density at radius 2 is 1.63 bits per heavy atom. The van der Waals surface area contributed by atoms with Gasteiger partial charge in [-0.3, -0.25) is 19.5 Å². The Kier molecular flexibility index (Phi) is 11.7. The van der Waals surface area contributed by atoms with Crippen molar-refractivity contribution in [1.29, 1.82) is 0 Å². The predicted molar refractivity (Wildman–Crippen MR) is 203 cm³/mol. The Bertz CT molecular complexity index is 2220. The smallest absolute Gasteiger partial charge is 0.435 e. The van der Waals surface area contributed by atoms with E-state index in [0.717, 1.165) is 38.0 Å². The van der Waals surface area contributed by atoms with E-state index in [9.17, 15) is 41.8 Å². The minimum absolute atomic E-state index is 0.0165. The number of imidazole rings is 1. The monoisotopic (exact) mass is 827 g/mol. The summed E-state index contributed by atoms with van der Waals surface area (Å²) in [5.74, 6) is -4.07. The van der Waals surface area contributed by atoms with Crippen molar-refractivity contribution in [3.8, 4) is 11.3 Å². The lowest BCUT2D eigenvalue weighted by Gasteiger charge is -2.46. The van der Waals surface area contributed by atoms with E-state index < -0.39 is 47.7 Å². The fourth-order valence-corrected chi connectivity index (χ4v) is 8.22. The largest absolute Gasteiger partial charge is 0.477 e. The van der Waals surface area contributed by atoms with Crippen molar-refractivity contribution in [2.75, 3.05) is 83.1 Å². The van der Waals surface area contributed by atoms with Gasteiger partial charge in [0.05, 0.1) is 30.9 Å². The van der Waals surface area contributed by atoms with Crippen molar-refractivity contribution in [2.45, 2.75) is 25.4 Å². The van der Waals surface area contributed by atoms with Crippen molar-refractivity contribution in [3.05, 3.63) is 82.6 Å². The fraction of sp³-hybridized carbons (Fsp3) is 0.436. The highest BCUT2D eigenvalue weighted by Gasteiger charge is 2.42. The van der Waals surface area contributed by atoms with Crippen molar-refractivity contribution >= 4 is 35.1 Å². The second-order valence-corrected chi connectivity index (χ2v) is 15.4. The van der Waals surface area contributed by atoms with Crippen molar-refractivity contribution in [2.24, 2.45) is 11.8 Å². The molecule has 15 nitrogen and oxygen atoms in total. The van der Waals surface area contributed by atoms with Crippen LogP contribution in [0.25, 0.3) is 11.3 Å². The van der Waals surface area contributed by atoms with Gasteiger partial charge in [0.2, 0.25) is 5.91 Å². The first kappa shape index (κ1) is 41.3. The molecule has 59 heavy (non-hydrogen) atoms. The molecule has 3 amide bonds. The van der Waals surface area contributed by atoms with E-state index in [-0.39, 0.29) is 84.1 Å². The molecule has 0 bridgehead atoms. The lowest BCUT2D eigenvalue weighted by molar-refractivity contribution is -0.929. The standard InChI is InChI=1S/C39H43F5N10O5/c1-45-24-2-4-27(30(40)15-24)33-29(34(51-50-33)39(42,43)44)14-26-19-47-35(48-26)36(57)49-25-3-5-28(31(41)16-25)38(59)53-10-8-52(9-11-53)37(58)23-6-12-54(13-7-23,21-32(55)56)20-22-17-46-18-22/h2-5,15-16,19,22-23,46H,6-14,17-18,20-21H2,1H3,(H4-,45,47,48,49,50,51,55,56,57,59)/p+1. The first-order chi connectivity index (χ1) is 28.1. The number of benzene rings is 2. The highest BCUT2D eigenvalue weighted by molar-refractivity contribution is 6.02. The number of quaternary nitrogens is 1. The highest BCUT2D eigenvalue weighted by atomic mass is 19.4. The molecule has 314 valence electrons. The zero-order valence-electron chi connectivity index (χ0n) is 32.1. The van der Waals surface area contributed by atoms with Crippen LogP contribution in [0.4, 0.5) is 33.3 Å². The Hall–Kier alpha value is -5.89. The van der Waals surface area contributed by atoms with Gasteiger partial charge in [-0.15, -0.1) is 0 Å². The zero-order valence-corrected chi connectivity index (χ0v) is 32.1. The minimum Gasteiger partial charge on any atom is -0.477 e. The van der Waals surface area contributed by atoms with Gasteiger partial charge < -0.3 is 40.3 Å². The molecule has 5 heterocycles. The summed E-state index contributed by atoms with van der Waals surface area (Å²) in [7, 11) is 1.57. The number of anilines is 2. The van der Waals surface area contributed by atoms with Gasteiger partial charge in [-0.1, -0.05) is 0 Å². The van der Waals surface area contributed by atoms with Crippen molar-refractivity contribution < 1.29 is 50.7 Å². The number of rotatable bonds is 12. The Labute approximate surface area is 334 Å². The van der Waals surface area contributed by atoms with Crippen LogP contribution in [-0.2, 0) is 22.2 Å². The molecule has 0 saturated carbocycles. The summed E-state index contributed by atoms with van der Waals surface area (Å²) in [6.45, 7) is 4.71. The van der Waals surface area contributed by atoms with Gasteiger partial charge >= 0.3 is 12.1 Å². The molecule has 6 N–H and O–H groups in total. The number of carboxylic acid groups (broad SMARTS) is 1. The quantitative estimate of drug-likeness (QED) is 0.0913. The Morgan fingerprint density at radius 3 is 2.24 bits per heavy atom. The molecule has 2 aromatic carbocycles. The van der Waals surface area contributed by atoms with E-state index in [0.29, 0.717) is 42.0 Å². The first-order valence-electron chi connectivity index (χ1n) is 19.3. The van der Waals surface area contributed by atoms with Crippen LogP contribution < -0.4 is 16.0 Å². The lowest BCUT2D eigenvalue weighted by Crippen LogP contribution is -2.62. The molecule has 7 rings (SSSR count). The molecule has 3 aliphatic rings. The summed E-state index contributed by atoms with van der Waals surface area (Å²) in [4.78, 5) is 61.3. The van der Waals surface area contributed by atoms with Gasteiger partial charge in [0, 0.05) is 112 Å². The van der Waals surface area contributed by atoms with E-state index in [1.165, 1.54) is 29.2 Å². The molecular weight excluding hydrogens is 783 g/mol. The number of aromatic amines is 2. The van der Waals surface area contributed by atoms with Crippen LogP contribution in [0.1, 0.15) is 50.8 Å². The van der Waals surface area contributed by atoms with Gasteiger partial charge in [-0.2, -0.15) is 18.3 Å². The van der Waals surface area contributed by atoms with Crippen molar-refractivity contribution in [1.82, 2.24) is 35.3 Å². The van der Waals surface area contributed by atoms with Gasteiger partial charge in [-0.25, -0.2) is 18.6 Å². The number of nitrogens with one attached hydrogen (secondary N) is 5. The van der Waals surface area contributed by atoms with Crippen LogP contribution in [0.5, 0.6) is 0 Å². The minimum atomic E-state index is -4.88. The molecule has 2 aromatic heterocycles. The van der Waals surface area contributed by atoms with Gasteiger partial charge in [-0.05, 0) is 36.4 Å². The van der Waals surface area contributed by atoms with Crippen molar-refractivity contribution in [3.63, 3.8) is 0 Å². The maximum Gasteiger partial charge on any atom is 0.435 e. The van der Waals surface area contributed by atoms with E-state index in [4.69, 9.17) is 0 Å². The molecule has 0 spiro atoms. The molecule has 3 aliphatic heterocycles. The number of amides is 3. The number of carbonyl (C=O) groups excluding carboxylic acids is 3. The van der Waals surface area contributed by atoms with E-state index >= 15 is 4.39 Å². The summed E-state index contributed by atoms with van der Waals surface area (Å²) in [6.07, 6.45) is -3.00. The van der Waals surface area contributed by atoms with Gasteiger partial charge in [0.15, 0.2) is 18.1 Å². The number of hydrogen-bond acceptors (Lipinski definition) is 8. The van der Waals surface area contributed by atoms with Crippen LogP contribution in [0, 0.1) is 23.5 Å².